The number of aryl methyl sites for hydroxylation is 1. The second-order valence-electron chi connectivity index (χ2n) is 5.84. The molecule has 0 aliphatic rings. The monoisotopic (exact) mass is 355 g/mol. The third kappa shape index (κ3) is 3.37. The van der Waals surface area contributed by atoms with Crippen LogP contribution in [-0.2, 0) is 13.6 Å². The van der Waals surface area contributed by atoms with Crippen molar-refractivity contribution in [3.8, 4) is 11.4 Å². The van der Waals surface area contributed by atoms with Gasteiger partial charge in [-0.05, 0) is 39.0 Å². The van der Waals surface area contributed by atoms with Crippen molar-refractivity contribution >= 4 is 17.5 Å². The molecule has 0 amide bonds. The van der Waals surface area contributed by atoms with Crippen LogP contribution in [0.1, 0.15) is 28.7 Å². The van der Waals surface area contributed by atoms with Gasteiger partial charge in [-0.15, -0.1) is 10.2 Å². The zero-order chi connectivity index (χ0) is 18.0. The quantitative estimate of drug-likeness (QED) is 0.501. The van der Waals surface area contributed by atoms with Crippen molar-refractivity contribution in [3.63, 3.8) is 0 Å². The topological polar surface area (TPSA) is 65.6 Å². The van der Waals surface area contributed by atoms with Crippen LogP contribution in [0.15, 0.2) is 35.7 Å². The van der Waals surface area contributed by atoms with Crippen molar-refractivity contribution in [2.45, 2.75) is 32.5 Å². The highest BCUT2D eigenvalue weighted by molar-refractivity contribution is 7.99. The second-order valence-corrected chi connectivity index (χ2v) is 6.78. The van der Waals surface area contributed by atoms with Crippen molar-refractivity contribution in [2.24, 2.45) is 7.05 Å². The van der Waals surface area contributed by atoms with Crippen LogP contribution in [0.25, 0.3) is 11.4 Å². The van der Waals surface area contributed by atoms with E-state index in [-0.39, 0.29) is 5.78 Å². The van der Waals surface area contributed by atoms with Crippen molar-refractivity contribution in [1.82, 2.24) is 24.3 Å². The summed E-state index contributed by atoms with van der Waals surface area (Å²) in [4.78, 5) is 16.6. The highest BCUT2D eigenvalue weighted by Crippen LogP contribution is 2.24. The molecule has 0 aromatic carbocycles. The van der Waals surface area contributed by atoms with Crippen molar-refractivity contribution < 1.29 is 4.79 Å². The van der Waals surface area contributed by atoms with E-state index >= 15 is 0 Å². The third-order valence-corrected chi connectivity index (χ3v) is 5.32. The van der Waals surface area contributed by atoms with Gasteiger partial charge in [0, 0.05) is 48.5 Å². The maximum absolute atomic E-state index is 12.6. The molecular formula is C18H21N5OS. The molecule has 0 unspecified atom stereocenters. The first-order valence-electron chi connectivity index (χ1n) is 8.15. The summed E-state index contributed by atoms with van der Waals surface area (Å²) in [5.74, 6) is 1.23. The van der Waals surface area contributed by atoms with E-state index in [1.807, 2.05) is 43.7 Å². The van der Waals surface area contributed by atoms with E-state index in [4.69, 9.17) is 0 Å². The van der Waals surface area contributed by atoms with Crippen molar-refractivity contribution in [1.29, 1.82) is 0 Å². The van der Waals surface area contributed by atoms with E-state index in [1.165, 1.54) is 11.8 Å². The maximum Gasteiger partial charge on any atom is 0.191 e. The number of rotatable bonds is 6. The van der Waals surface area contributed by atoms with E-state index in [0.717, 1.165) is 40.0 Å². The number of thioether (sulfide) groups is 1. The predicted molar refractivity (Wildman–Crippen MR) is 98.9 cm³/mol. The van der Waals surface area contributed by atoms with Gasteiger partial charge in [-0.25, -0.2) is 0 Å². The number of ketones is 1. The number of pyridine rings is 1. The Morgan fingerprint density at radius 2 is 1.92 bits per heavy atom. The first-order valence-corrected chi connectivity index (χ1v) is 9.14. The van der Waals surface area contributed by atoms with Crippen molar-refractivity contribution in [2.75, 3.05) is 5.75 Å². The molecule has 130 valence electrons. The van der Waals surface area contributed by atoms with Crippen LogP contribution < -0.4 is 0 Å². The zero-order valence-electron chi connectivity index (χ0n) is 14.9. The van der Waals surface area contributed by atoms with Crippen LogP contribution in [0.3, 0.4) is 0 Å². The molecule has 25 heavy (non-hydrogen) atoms. The van der Waals surface area contributed by atoms with Gasteiger partial charge in [0.1, 0.15) is 0 Å². The maximum atomic E-state index is 12.6. The Kier molecular flexibility index (Phi) is 5.03. The molecule has 0 aliphatic heterocycles. The number of hydrogen-bond acceptors (Lipinski definition) is 5. The number of aromatic nitrogens is 5. The minimum absolute atomic E-state index is 0.117. The SMILES string of the molecule is CCn1c(C)cc(C(=O)CSc2nnc(-c3ccncc3)n2C)c1C. The first kappa shape index (κ1) is 17.4. The fourth-order valence-corrected chi connectivity index (χ4v) is 3.77. The summed E-state index contributed by atoms with van der Waals surface area (Å²) in [6.45, 7) is 6.99. The summed E-state index contributed by atoms with van der Waals surface area (Å²) in [5.41, 5.74) is 3.89. The number of carbonyl (C=O) groups excluding carboxylic acids is 1. The van der Waals surface area contributed by atoms with Crippen LogP contribution >= 0.6 is 11.8 Å². The Balaban J connectivity index is 1.74. The number of hydrogen-bond donors (Lipinski definition) is 0. The second kappa shape index (κ2) is 7.23. The van der Waals surface area contributed by atoms with E-state index in [0.29, 0.717) is 5.75 Å². The summed E-state index contributed by atoms with van der Waals surface area (Å²) in [7, 11) is 1.91. The number of Topliss-reactive ketones (excluding diaryl/α,β-unsaturated/α-hetero) is 1. The Morgan fingerprint density at radius 1 is 1.20 bits per heavy atom. The van der Waals surface area contributed by atoms with E-state index in [2.05, 4.69) is 26.7 Å². The Hall–Kier alpha value is -2.41. The summed E-state index contributed by atoms with van der Waals surface area (Å²) < 4.78 is 4.06. The molecule has 0 N–H and O–H groups in total. The van der Waals surface area contributed by atoms with Gasteiger partial charge in [0.25, 0.3) is 0 Å². The lowest BCUT2D eigenvalue weighted by molar-refractivity contribution is 0.102. The van der Waals surface area contributed by atoms with Gasteiger partial charge < -0.3 is 9.13 Å². The molecule has 3 aromatic rings. The normalized spacial score (nSPS) is 11.0. The smallest absolute Gasteiger partial charge is 0.191 e. The molecule has 0 atom stereocenters. The molecule has 3 rings (SSSR count). The number of nitrogens with zero attached hydrogens (tertiary/aromatic N) is 5. The van der Waals surface area contributed by atoms with Crippen LogP contribution in [0.2, 0.25) is 0 Å². The van der Waals surface area contributed by atoms with Crippen LogP contribution in [0.5, 0.6) is 0 Å². The first-order chi connectivity index (χ1) is 12.0. The van der Waals surface area contributed by atoms with Crippen LogP contribution in [-0.4, -0.2) is 35.9 Å². The average Bonchev–Trinajstić information content (AvgIpc) is 3.13. The minimum Gasteiger partial charge on any atom is -0.349 e. The largest absolute Gasteiger partial charge is 0.349 e. The molecule has 3 heterocycles. The number of carbonyl (C=O) groups is 1. The molecule has 6 nitrogen and oxygen atoms in total. The average molecular weight is 355 g/mol. The fraction of sp³-hybridized carbons (Fsp3) is 0.333. The van der Waals surface area contributed by atoms with Gasteiger partial charge in [-0.1, -0.05) is 11.8 Å². The Bertz CT molecular complexity index is 898. The lowest BCUT2D eigenvalue weighted by Gasteiger charge is -2.06. The molecule has 0 fully saturated rings. The highest BCUT2D eigenvalue weighted by Gasteiger charge is 2.17. The Morgan fingerprint density at radius 3 is 2.56 bits per heavy atom. The van der Waals surface area contributed by atoms with Crippen molar-refractivity contribution in [3.05, 3.63) is 47.5 Å². The molecule has 0 radical (unpaired) electrons. The van der Waals surface area contributed by atoms with E-state index in [1.54, 1.807) is 12.4 Å². The summed E-state index contributed by atoms with van der Waals surface area (Å²) in [6, 6.07) is 5.76. The van der Waals surface area contributed by atoms with Gasteiger partial charge >= 0.3 is 0 Å². The molecule has 0 saturated heterocycles. The zero-order valence-corrected chi connectivity index (χ0v) is 15.7. The summed E-state index contributed by atoms with van der Waals surface area (Å²) in [5, 5.41) is 9.18. The highest BCUT2D eigenvalue weighted by atomic mass is 32.2. The molecule has 7 heteroatoms. The molecule has 0 bridgehead atoms. The predicted octanol–water partition coefficient (Wildman–Crippen LogP) is 3.29. The van der Waals surface area contributed by atoms with Gasteiger partial charge in [0.05, 0.1) is 5.75 Å². The van der Waals surface area contributed by atoms with Gasteiger partial charge in [-0.2, -0.15) is 0 Å². The molecule has 0 saturated carbocycles. The summed E-state index contributed by atoms with van der Waals surface area (Å²) >= 11 is 1.41. The molecule has 0 spiro atoms. The molecule has 3 aromatic heterocycles. The lowest BCUT2D eigenvalue weighted by atomic mass is 10.2. The standard InChI is InChI=1S/C18H21N5OS/c1-5-23-12(2)10-15(13(23)3)16(24)11-25-18-21-20-17(22(18)4)14-6-8-19-9-7-14/h6-10H,5,11H2,1-4H3. The lowest BCUT2D eigenvalue weighted by Crippen LogP contribution is -2.06. The van der Waals surface area contributed by atoms with Gasteiger partial charge in [0.2, 0.25) is 0 Å². The van der Waals surface area contributed by atoms with E-state index in [9.17, 15) is 4.79 Å². The summed E-state index contributed by atoms with van der Waals surface area (Å²) in [6.07, 6.45) is 3.45. The fourth-order valence-electron chi connectivity index (χ4n) is 2.97. The van der Waals surface area contributed by atoms with Crippen LogP contribution in [0, 0.1) is 13.8 Å². The van der Waals surface area contributed by atoms with E-state index < -0.39 is 0 Å². The van der Waals surface area contributed by atoms with Crippen LogP contribution in [0.4, 0.5) is 0 Å². The Labute approximate surface area is 151 Å². The third-order valence-electron chi connectivity index (χ3n) is 4.30. The van der Waals surface area contributed by atoms with Gasteiger partial charge in [0.15, 0.2) is 16.8 Å². The molecular weight excluding hydrogens is 334 g/mol. The molecule has 0 aliphatic carbocycles. The minimum atomic E-state index is 0.117. The van der Waals surface area contributed by atoms with Gasteiger partial charge in [-0.3, -0.25) is 9.78 Å².